The molecular weight excluding hydrogens is 410 g/mol. The smallest absolute Gasteiger partial charge is 0.250 e. The molecule has 4 nitrogen and oxygen atoms in total. The van der Waals surface area contributed by atoms with Crippen molar-refractivity contribution in [3.63, 3.8) is 0 Å². The maximum absolute atomic E-state index is 11.9. The van der Waals surface area contributed by atoms with Crippen molar-refractivity contribution in [3.8, 4) is 17.6 Å². The Morgan fingerprint density at radius 2 is 2.09 bits per heavy atom. The van der Waals surface area contributed by atoms with Crippen LogP contribution in [0.5, 0.6) is 5.75 Å². The van der Waals surface area contributed by atoms with Gasteiger partial charge in [-0.1, -0.05) is 45.4 Å². The van der Waals surface area contributed by atoms with Crippen molar-refractivity contribution in [2.24, 2.45) is 0 Å². The van der Waals surface area contributed by atoms with E-state index in [-0.39, 0.29) is 17.4 Å². The topological polar surface area (TPSA) is 55.4 Å². The average Bonchev–Trinajstić information content (AvgIpc) is 2.90. The summed E-state index contributed by atoms with van der Waals surface area (Å²) in [6, 6.07) is 10.4. The highest BCUT2D eigenvalue weighted by molar-refractivity contribution is 9.10. The third kappa shape index (κ3) is 5.30. The maximum atomic E-state index is 11.9. The molecule has 0 fully saturated rings. The standard InChI is InChI=1S/C14H11BrClNO3S2/c15-11-4-3-5-12(10-11)20-9-2-1-8-17-22(18,19)14-7-6-13(16)21-14/h3-7,10,17H,8-9H2. The lowest BCUT2D eigenvalue weighted by Gasteiger charge is -2.01. The molecule has 116 valence electrons. The van der Waals surface area contributed by atoms with Crippen LogP contribution in [0.4, 0.5) is 0 Å². The molecule has 22 heavy (non-hydrogen) atoms. The van der Waals surface area contributed by atoms with Gasteiger partial charge in [0.1, 0.15) is 16.6 Å². The summed E-state index contributed by atoms with van der Waals surface area (Å²) in [4.78, 5) is 0. The van der Waals surface area contributed by atoms with Crippen LogP contribution >= 0.6 is 38.9 Å². The zero-order chi connectivity index (χ0) is 16.0. The summed E-state index contributed by atoms with van der Waals surface area (Å²) in [6.45, 7) is 0.197. The Balaban J connectivity index is 1.80. The quantitative estimate of drug-likeness (QED) is 0.753. The van der Waals surface area contributed by atoms with Crippen LogP contribution in [0.25, 0.3) is 0 Å². The van der Waals surface area contributed by atoms with Gasteiger partial charge in [0.05, 0.1) is 10.9 Å². The normalized spacial score (nSPS) is 10.8. The number of ether oxygens (including phenoxy) is 1. The van der Waals surface area contributed by atoms with Gasteiger partial charge in [-0.05, 0) is 30.3 Å². The number of hydrogen-bond donors (Lipinski definition) is 1. The molecule has 1 N–H and O–H groups in total. The average molecular weight is 421 g/mol. The summed E-state index contributed by atoms with van der Waals surface area (Å²) < 4.78 is 33.1. The van der Waals surface area contributed by atoms with E-state index in [2.05, 4.69) is 32.5 Å². The van der Waals surface area contributed by atoms with Crippen molar-refractivity contribution in [2.75, 3.05) is 13.2 Å². The summed E-state index contributed by atoms with van der Waals surface area (Å²) in [6.07, 6.45) is 0. The molecule has 2 aromatic rings. The Bertz CT molecular complexity index is 809. The highest BCUT2D eigenvalue weighted by Crippen LogP contribution is 2.25. The van der Waals surface area contributed by atoms with E-state index >= 15 is 0 Å². The van der Waals surface area contributed by atoms with Gasteiger partial charge in [0, 0.05) is 4.47 Å². The minimum atomic E-state index is -3.55. The molecule has 0 amide bonds. The number of nitrogens with one attached hydrogen (secondary N) is 1. The van der Waals surface area contributed by atoms with Crippen molar-refractivity contribution in [1.82, 2.24) is 4.72 Å². The molecule has 0 aliphatic rings. The van der Waals surface area contributed by atoms with Gasteiger partial charge in [-0.15, -0.1) is 11.3 Å². The van der Waals surface area contributed by atoms with Crippen molar-refractivity contribution in [2.45, 2.75) is 4.21 Å². The predicted octanol–water partition coefficient (Wildman–Crippen LogP) is 3.52. The van der Waals surface area contributed by atoms with Crippen molar-refractivity contribution < 1.29 is 13.2 Å². The zero-order valence-corrected chi connectivity index (χ0v) is 15.2. The number of sulfonamides is 1. The second kappa shape index (κ2) is 7.99. The van der Waals surface area contributed by atoms with E-state index in [1.54, 1.807) is 0 Å². The summed E-state index contributed by atoms with van der Waals surface area (Å²) in [5.74, 6) is 6.14. The van der Waals surface area contributed by atoms with Gasteiger partial charge in [-0.2, -0.15) is 4.72 Å². The van der Waals surface area contributed by atoms with Crippen LogP contribution in [0.2, 0.25) is 4.34 Å². The Hall–Kier alpha value is -1.04. The van der Waals surface area contributed by atoms with Gasteiger partial charge in [0.25, 0.3) is 10.0 Å². The molecule has 0 unspecified atom stereocenters. The predicted molar refractivity (Wildman–Crippen MR) is 91.9 cm³/mol. The van der Waals surface area contributed by atoms with Crippen LogP contribution in [0.15, 0.2) is 45.1 Å². The summed E-state index contributed by atoms with van der Waals surface area (Å²) >= 11 is 10.1. The van der Waals surface area contributed by atoms with E-state index in [9.17, 15) is 8.42 Å². The molecule has 2 rings (SSSR count). The molecule has 0 spiro atoms. The summed E-state index contributed by atoms with van der Waals surface area (Å²) in [5.41, 5.74) is 0. The second-order valence-corrected chi connectivity index (χ2v) is 8.61. The van der Waals surface area contributed by atoms with Crippen LogP contribution in [-0.4, -0.2) is 21.6 Å². The first-order valence-electron chi connectivity index (χ1n) is 6.06. The summed E-state index contributed by atoms with van der Waals surface area (Å²) in [7, 11) is -3.55. The fourth-order valence-corrected chi connectivity index (χ4v) is 4.26. The molecule has 0 bridgehead atoms. The molecule has 1 heterocycles. The van der Waals surface area contributed by atoms with Gasteiger partial charge >= 0.3 is 0 Å². The first-order chi connectivity index (χ1) is 10.5. The van der Waals surface area contributed by atoms with Gasteiger partial charge in [-0.25, -0.2) is 8.42 Å². The van der Waals surface area contributed by atoms with Gasteiger partial charge < -0.3 is 4.74 Å². The maximum Gasteiger partial charge on any atom is 0.250 e. The fraction of sp³-hybridized carbons (Fsp3) is 0.143. The zero-order valence-electron chi connectivity index (χ0n) is 11.2. The van der Waals surface area contributed by atoms with E-state index in [4.69, 9.17) is 16.3 Å². The third-order valence-electron chi connectivity index (χ3n) is 2.40. The molecule has 8 heteroatoms. The Labute approximate surface area is 146 Å². The number of thiophene rings is 1. The van der Waals surface area contributed by atoms with Crippen molar-refractivity contribution in [1.29, 1.82) is 0 Å². The fourth-order valence-electron chi connectivity index (χ4n) is 1.43. The lowest BCUT2D eigenvalue weighted by atomic mass is 10.3. The van der Waals surface area contributed by atoms with Crippen LogP contribution in [-0.2, 0) is 10.0 Å². The number of rotatable bonds is 5. The lowest BCUT2D eigenvalue weighted by Crippen LogP contribution is -2.23. The minimum absolute atomic E-state index is 0.0136. The van der Waals surface area contributed by atoms with E-state index in [0.717, 1.165) is 15.8 Å². The molecule has 0 aliphatic heterocycles. The van der Waals surface area contributed by atoms with Crippen LogP contribution < -0.4 is 9.46 Å². The molecule has 1 aromatic carbocycles. The second-order valence-electron chi connectivity index (χ2n) is 3.98. The minimum Gasteiger partial charge on any atom is -0.481 e. The van der Waals surface area contributed by atoms with E-state index in [1.807, 2.05) is 24.3 Å². The highest BCUT2D eigenvalue weighted by Gasteiger charge is 2.14. The van der Waals surface area contributed by atoms with E-state index in [1.165, 1.54) is 12.1 Å². The van der Waals surface area contributed by atoms with E-state index < -0.39 is 10.0 Å². The van der Waals surface area contributed by atoms with Crippen molar-refractivity contribution in [3.05, 3.63) is 45.2 Å². The lowest BCUT2D eigenvalue weighted by molar-refractivity contribution is 0.370. The van der Waals surface area contributed by atoms with Gasteiger partial charge in [-0.3, -0.25) is 0 Å². The SMILES string of the molecule is O=S(=O)(NCC#CCOc1cccc(Br)c1)c1ccc(Cl)s1. The summed E-state index contributed by atoms with van der Waals surface area (Å²) in [5, 5.41) is 0. The van der Waals surface area contributed by atoms with Crippen LogP contribution in [0.3, 0.4) is 0 Å². The van der Waals surface area contributed by atoms with Crippen molar-refractivity contribution >= 4 is 48.9 Å². The molecular formula is C14H11BrClNO3S2. The van der Waals surface area contributed by atoms with Gasteiger partial charge in [0.2, 0.25) is 0 Å². The van der Waals surface area contributed by atoms with Crippen LogP contribution in [0, 0.1) is 11.8 Å². The molecule has 0 saturated carbocycles. The Morgan fingerprint density at radius 3 is 2.77 bits per heavy atom. The number of hydrogen-bond acceptors (Lipinski definition) is 4. The Kier molecular flexibility index (Phi) is 6.29. The first kappa shape index (κ1) is 17.3. The third-order valence-corrected chi connectivity index (χ3v) is 6.01. The van der Waals surface area contributed by atoms with E-state index in [0.29, 0.717) is 10.1 Å². The monoisotopic (exact) mass is 419 g/mol. The molecule has 0 atom stereocenters. The van der Waals surface area contributed by atoms with Crippen LogP contribution in [0.1, 0.15) is 0 Å². The number of halogens is 2. The molecule has 1 aromatic heterocycles. The number of benzene rings is 1. The Morgan fingerprint density at radius 1 is 1.27 bits per heavy atom. The molecule has 0 aliphatic carbocycles. The highest BCUT2D eigenvalue weighted by atomic mass is 79.9. The molecule has 0 radical (unpaired) electrons. The largest absolute Gasteiger partial charge is 0.481 e. The molecule has 0 saturated heterocycles. The van der Waals surface area contributed by atoms with Gasteiger partial charge in [0.15, 0.2) is 0 Å². The first-order valence-corrected chi connectivity index (χ1v) is 9.53.